The molecule has 0 aliphatic carbocycles. The Bertz CT molecular complexity index is 1460. The van der Waals surface area contributed by atoms with Gasteiger partial charge in [0.15, 0.2) is 0 Å². The van der Waals surface area contributed by atoms with Gasteiger partial charge in [0.1, 0.15) is 5.82 Å². The van der Waals surface area contributed by atoms with Crippen LogP contribution in [0.4, 0.5) is 0 Å². The third-order valence-corrected chi connectivity index (χ3v) is 6.96. The highest BCUT2D eigenvalue weighted by Gasteiger charge is 2.27. The van der Waals surface area contributed by atoms with Gasteiger partial charge in [-0.3, -0.25) is 14.2 Å². The van der Waals surface area contributed by atoms with Crippen molar-refractivity contribution in [2.45, 2.75) is 33.2 Å². The Hall–Kier alpha value is -3.29. The van der Waals surface area contributed by atoms with Crippen molar-refractivity contribution in [2.24, 2.45) is 0 Å². The lowest BCUT2D eigenvalue weighted by Crippen LogP contribution is -2.38. The predicted octanol–water partition coefficient (Wildman–Crippen LogP) is 6.00. The van der Waals surface area contributed by atoms with Crippen molar-refractivity contribution in [2.75, 3.05) is 20.3 Å². The minimum atomic E-state index is -0.479. The van der Waals surface area contributed by atoms with Crippen molar-refractivity contribution in [3.8, 4) is 5.69 Å². The fourth-order valence-electron chi connectivity index (χ4n) is 4.32. The number of hydrogen-bond acceptors (Lipinski definition) is 4. The van der Waals surface area contributed by atoms with Crippen LogP contribution in [0.25, 0.3) is 16.6 Å². The van der Waals surface area contributed by atoms with Crippen LogP contribution in [0.15, 0.2) is 76.0 Å². The van der Waals surface area contributed by atoms with E-state index in [1.165, 1.54) is 0 Å². The first-order valence-electron chi connectivity index (χ1n) is 12.0. The Kier molecular flexibility index (Phi) is 8.01. The van der Waals surface area contributed by atoms with Crippen LogP contribution in [0.1, 0.15) is 46.7 Å². The minimum absolute atomic E-state index is 0.131. The Morgan fingerprint density at radius 1 is 1.06 bits per heavy atom. The molecule has 1 unspecified atom stereocenters. The second kappa shape index (κ2) is 11.2. The molecule has 1 aromatic heterocycles. The summed E-state index contributed by atoms with van der Waals surface area (Å²) in [6.45, 7) is 6.96. The fourth-order valence-corrected chi connectivity index (χ4v) is 4.72. The van der Waals surface area contributed by atoms with Crippen LogP contribution in [-0.2, 0) is 4.74 Å². The van der Waals surface area contributed by atoms with Crippen LogP contribution in [0, 0.1) is 13.8 Å². The van der Waals surface area contributed by atoms with Gasteiger partial charge in [-0.1, -0.05) is 40.2 Å². The van der Waals surface area contributed by atoms with Crippen molar-refractivity contribution in [3.05, 3.63) is 104 Å². The zero-order valence-electron chi connectivity index (χ0n) is 21.0. The van der Waals surface area contributed by atoms with Gasteiger partial charge in [0.2, 0.25) is 0 Å². The highest BCUT2D eigenvalue weighted by atomic mass is 79.9. The van der Waals surface area contributed by atoms with Gasteiger partial charge in [-0.05, 0) is 80.8 Å². The monoisotopic (exact) mass is 547 g/mol. The molecule has 3 aromatic carbocycles. The second-order valence-corrected chi connectivity index (χ2v) is 9.84. The summed E-state index contributed by atoms with van der Waals surface area (Å²) in [5.41, 5.74) is 3.97. The predicted molar refractivity (Wildman–Crippen MR) is 147 cm³/mol. The molecule has 1 heterocycles. The quantitative estimate of drug-likeness (QED) is 0.253. The van der Waals surface area contributed by atoms with E-state index in [9.17, 15) is 9.59 Å². The number of benzene rings is 3. The average molecular weight is 548 g/mol. The molecule has 186 valence electrons. The van der Waals surface area contributed by atoms with E-state index in [0.717, 1.165) is 21.3 Å². The lowest BCUT2D eigenvalue weighted by molar-refractivity contribution is 0.0657. The van der Waals surface area contributed by atoms with E-state index in [2.05, 4.69) is 15.9 Å². The molecule has 0 bridgehead atoms. The van der Waals surface area contributed by atoms with Crippen LogP contribution < -0.4 is 5.56 Å². The summed E-state index contributed by atoms with van der Waals surface area (Å²) in [4.78, 5) is 34.3. The summed E-state index contributed by atoms with van der Waals surface area (Å²) in [5.74, 6) is 0.386. The number of fused-ring (bicyclic) bond motifs is 1. The van der Waals surface area contributed by atoms with Gasteiger partial charge in [-0.15, -0.1) is 0 Å². The summed E-state index contributed by atoms with van der Waals surface area (Å²) in [5, 5.41) is 0.538. The van der Waals surface area contributed by atoms with Gasteiger partial charge in [-0.25, -0.2) is 4.98 Å². The average Bonchev–Trinajstić information content (AvgIpc) is 2.87. The van der Waals surface area contributed by atoms with Crippen LogP contribution in [0.3, 0.4) is 0 Å². The number of amides is 1. The fraction of sp³-hybridized carbons (Fsp3) is 0.276. The Labute approximate surface area is 219 Å². The third-order valence-electron chi connectivity index (χ3n) is 6.47. The van der Waals surface area contributed by atoms with Crippen LogP contribution in [0.5, 0.6) is 0 Å². The van der Waals surface area contributed by atoms with E-state index in [1.54, 1.807) is 28.7 Å². The van der Waals surface area contributed by atoms with Crippen molar-refractivity contribution in [3.63, 3.8) is 0 Å². The van der Waals surface area contributed by atoms with Gasteiger partial charge in [0.25, 0.3) is 11.5 Å². The number of hydrogen-bond donors (Lipinski definition) is 0. The summed E-state index contributed by atoms with van der Waals surface area (Å²) in [6, 6.07) is 20.1. The first-order chi connectivity index (χ1) is 17.3. The Morgan fingerprint density at radius 3 is 2.56 bits per heavy atom. The summed E-state index contributed by atoms with van der Waals surface area (Å²) in [7, 11) is 1.65. The van der Waals surface area contributed by atoms with Crippen molar-refractivity contribution < 1.29 is 9.53 Å². The molecule has 0 saturated heterocycles. The van der Waals surface area contributed by atoms with Gasteiger partial charge < -0.3 is 9.64 Å². The molecule has 0 saturated carbocycles. The number of rotatable bonds is 8. The van der Waals surface area contributed by atoms with Gasteiger partial charge >= 0.3 is 0 Å². The maximum Gasteiger partial charge on any atom is 0.266 e. The number of halogens is 1. The molecule has 0 fully saturated rings. The number of methoxy groups -OCH3 is 1. The van der Waals surface area contributed by atoms with E-state index in [-0.39, 0.29) is 11.5 Å². The number of carbonyl (C=O) groups is 1. The lowest BCUT2D eigenvalue weighted by atomic mass is 10.1. The topological polar surface area (TPSA) is 64.4 Å². The first kappa shape index (κ1) is 25.8. The SMILES string of the molecule is COCCCN(C(=O)c1cccc(Br)c1)C(C)c1nc2ccccc2c(=O)n1-c1ccc(C)c(C)c1. The zero-order valence-corrected chi connectivity index (χ0v) is 22.6. The number of aromatic nitrogens is 2. The molecule has 0 N–H and O–H groups in total. The molecule has 1 amide bonds. The van der Waals surface area contributed by atoms with Crippen LogP contribution in [0.2, 0.25) is 0 Å². The lowest BCUT2D eigenvalue weighted by Gasteiger charge is -2.31. The molecule has 0 spiro atoms. The maximum absolute atomic E-state index is 13.8. The largest absolute Gasteiger partial charge is 0.385 e. The maximum atomic E-state index is 13.8. The third kappa shape index (κ3) is 5.27. The normalized spacial score (nSPS) is 12.0. The number of carbonyl (C=O) groups excluding carboxylic acids is 1. The van der Waals surface area contributed by atoms with Gasteiger partial charge in [0.05, 0.1) is 22.6 Å². The molecular weight excluding hydrogens is 518 g/mol. The molecule has 0 radical (unpaired) electrons. The molecular formula is C29H30BrN3O3. The number of nitrogens with zero attached hydrogens (tertiary/aromatic N) is 3. The molecule has 6 nitrogen and oxygen atoms in total. The highest BCUT2D eigenvalue weighted by molar-refractivity contribution is 9.10. The first-order valence-corrected chi connectivity index (χ1v) is 12.8. The van der Waals surface area contributed by atoms with E-state index in [1.807, 2.05) is 75.4 Å². The number of para-hydroxylation sites is 1. The molecule has 4 rings (SSSR count). The van der Waals surface area contributed by atoms with E-state index < -0.39 is 6.04 Å². The molecule has 0 aliphatic rings. The second-order valence-electron chi connectivity index (χ2n) is 8.93. The Balaban J connectivity index is 1.90. The molecule has 1 atom stereocenters. The van der Waals surface area contributed by atoms with Gasteiger partial charge in [-0.2, -0.15) is 0 Å². The van der Waals surface area contributed by atoms with Crippen LogP contribution >= 0.6 is 15.9 Å². The summed E-state index contributed by atoms with van der Waals surface area (Å²) < 4.78 is 7.74. The standard InChI is InChI=1S/C29H30BrN3O3/c1-19-13-14-24(17-20(19)2)33-27(31-26-12-6-5-11-25(26)29(33)35)21(3)32(15-8-16-36-4)28(34)22-9-7-10-23(30)18-22/h5-7,9-14,17-18,21H,8,15-16H2,1-4H3. The molecule has 36 heavy (non-hydrogen) atoms. The van der Waals surface area contributed by atoms with Crippen molar-refractivity contribution in [1.29, 1.82) is 0 Å². The zero-order chi connectivity index (χ0) is 25.8. The summed E-state index contributed by atoms with van der Waals surface area (Å²) in [6.07, 6.45) is 0.655. The van der Waals surface area contributed by atoms with Gasteiger partial charge in [0, 0.05) is 30.3 Å². The minimum Gasteiger partial charge on any atom is -0.385 e. The van der Waals surface area contributed by atoms with E-state index in [4.69, 9.17) is 9.72 Å². The number of aryl methyl sites for hydroxylation is 2. The van der Waals surface area contributed by atoms with Crippen molar-refractivity contribution in [1.82, 2.24) is 14.5 Å². The molecule has 4 aromatic rings. The van der Waals surface area contributed by atoms with E-state index >= 15 is 0 Å². The molecule has 0 aliphatic heterocycles. The van der Waals surface area contributed by atoms with E-state index in [0.29, 0.717) is 41.9 Å². The molecule has 7 heteroatoms. The summed E-state index contributed by atoms with van der Waals surface area (Å²) >= 11 is 3.47. The highest BCUT2D eigenvalue weighted by Crippen LogP contribution is 2.26. The Morgan fingerprint density at radius 2 is 1.83 bits per heavy atom. The van der Waals surface area contributed by atoms with Crippen LogP contribution in [-0.4, -0.2) is 40.6 Å². The number of ether oxygens (including phenoxy) is 1. The smallest absolute Gasteiger partial charge is 0.266 e. The van der Waals surface area contributed by atoms with Crippen molar-refractivity contribution >= 4 is 32.7 Å².